The van der Waals surface area contributed by atoms with Gasteiger partial charge in [0, 0.05) is 6.42 Å². The second-order valence-electron chi connectivity index (χ2n) is 3.58. The van der Waals surface area contributed by atoms with Crippen molar-refractivity contribution in [1.29, 1.82) is 0 Å². The van der Waals surface area contributed by atoms with E-state index in [1.54, 1.807) is 0 Å². The highest BCUT2D eigenvalue weighted by Crippen LogP contribution is 2.26. The van der Waals surface area contributed by atoms with Crippen molar-refractivity contribution in [3.8, 4) is 11.8 Å². The normalized spacial score (nSPS) is 20.5. The number of hydrogen-bond donors (Lipinski definition) is 1. The maximum absolute atomic E-state index is 9.62. The van der Waals surface area contributed by atoms with Crippen LogP contribution in [0.1, 0.15) is 32.6 Å². The largest absolute Gasteiger partial charge is 0.392 e. The summed E-state index contributed by atoms with van der Waals surface area (Å²) in [6, 6.07) is 0. The van der Waals surface area contributed by atoms with E-state index in [2.05, 4.69) is 11.8 Å². The van der Waals surface area contributed by atoms with Crippen LogP contribution in [0.4, 0.5) is 0 Å². The average molecular weight is 198 g/mol. The van der Waals surface area contributed by atoms with Crippen molar-refractivity contribution in [2.24, 2.45) is 5.92 Å². The molecule has 0 aromatic carbocycles. The fraction of sp³-hybridized carbons (Fsp3) is 0.818. The molecule has 1 atom stereocenters. The lowest BCUT2D eigenvalue weighted by Crippen LogP contribution is -2.17. The average Bonchev–Trinajstić information content (AvgIpc) is 2.16. The zero-order valence-corrected chi connectivity index (χ0v) is 9.07. The van der Waals surface area contributed by atoms with Gasteiger partial charge < -0.3 is 5.11 Å². The Morgan fingerprint density at radius 3 is 2.77 bits per heavy atom. The van der Waals surface area contributed by atoms with Gasteiger partial charge in [0.2, 0.25) is 0 Å². The minimum atomic E-state index is -0.194. The lowest BCUT2D eigenvalue weighted by Gasteiger charge is -2.22. The molecule has 0 spiro atoms. The first-order valence-corrected chi connectivity index (χ1v) is 6.14. The van der Waals surface area contributed by atoms with Gasteiger partial charge in [-0.25, -0.2) is 0 Å². The molecule has 1 heterocycles. The summed E-state index contributed by atoms with van der Waals surface area (Å²) in [6.07, 6.45) is 3.97. The van der Waals surface area contributed by atoms with Crippen LogP contribution in [0.3, 0.4) is 0 Å². The predicted octanol–water partition coefficient (Wildman–Crippen LogP) is 2.29. The van der Waals surface area contributed by atoms with Crippen LogP contribution >= 0.6 is 11.8 Å². The highest BCUT2D eigenvalue weighted by atomic mass is 32.2. The van der Waals surface area contributed by atoms with Crippen LogP contribution in [0.2, 0.25) is 0 Å². The molecule has 2 heteroatoms. The minimum absolute atomic E-state index is 0.194. The van der Waals surface area contributed by atoms with E-state index in [4.69, 9.17) is 0 Å². The number of hydrogen-bond acceptors (Lipinski definition) is 2. The lowest BCUT2D eigenvalue weighted by atomic mass is 9.94. The van der Waals surface area contributed by atoms with Gasteiger partial charge in [-0.2, -0.15) is 11.8 Å². The molecule has 13 heavy (non-hydrogen) atoms. The van der Waals surface area contributed by atoms with Gasteiger partial charge in [-0.3, -0.25) is 0 Å². The molecule has 0 aromatic heterocycles. The fourth-order valence-electron chi connectivity index (χ4n) is 1.67. The molecule has 1 nitrogen and oxygen atoms in total. The van der Waals surface area contributed by atoms with Crippen LogP contribution in [-0.2, 0) is 0 Å². The molecule has 0 aliphatic carbocycles. The molecule has 0 aromatic rings. The summed E-state index contributed by atoms with van der Waals surface area (Å²) in [7, 11) is 0. The summed E-state index contributed by atoms with van der Waals surface area (Å²) in [4.78, 5) is 0. The third kappa shape index (κ3) is 4.59. The van der Waals surface area contributed by atoms with E-state index < -0.39 is 0 Å². The summed E-state index contributed by atoms with van der Waals surface area (Å²) in [5.41, 5.74) is 0. The van der Waals surface area contributed by atoms with Crippen LogP contribution < -0.4 is 0 Å². The van der Waals surface area contributed by atoms with E-state index in [0.717, 1.165) is 12.3 Å². The molecule has 0 saturated carbocycles. The van der Waals surface area contributed by atoms with Gasteiger partial charge >= 0.3 is 0 Å². The summed E-state index contributed by atoms with van der Waals surface area (Å²) in [6.45, 7) is 1.82. The van der Waals surface area contributed by atoms with Crippen molar-refractivity contribution in [2.45, 2.75) is 38.7 Å². The van der Waals surface area contributed by atoms with Gasteiger partial charge in [0.25, 0.3) is 0 Å². The van der Waals surface area contributed by atoms with Crippen molar-refractivity contribution in [1.82, 2.24) is 0 Å². The Bertz CT molecular complexity index is 186. The minimum Gasteiger partial charge on any atom is -0.392 e. The molecule has 1 aliphatic rings. The Kier molecular flexibility index (Phi) is 5.34. The molecule has 0 radical (unpaired) electrons. The van der Waals surface area contributed by atoms with Gasteiger partial charge in [-0.15, -0.1) is 11.8 Å². The topological polar surface area (TPSA) is 20.2 Å². The Labute approximate surface area is 85.3 Å². The monoisotopic (exact) mass is 198 g/mol. The number of aliphatic hydroxyl groups is 1. The number of rotatable bonds is 3. The summed E-state index contributed by atoms with van der Waals surface area (Å²) in [5.74, 6) is 9.05. The van der Waals surface area contributed by atoms with E-state index in [1.807, 2.05) is 18.7 Å². The molecule has 1 N–H and O–H groups in total. The highest BCUT2D eigenvalue weighted by Gasteiger charge is 2.16. The first-order chi connectivity index (χ1) is 6.33. The lowest BCUT2D eigenvalue weighted by molar-refractivity contribution is 0.144. The Morgan fingerprint density at radius 2 is 2.15 bits per heavy atom. The zero-order valence-electron chi connectivity index (χ0n) is 8.25. The van der Waals surface area contributed by atoms with Gasteiger partial charge in [-0.1, -0.05) is 0 Å². The fourth-order valence-corrected chi connectivity index (χ4v) is 2.87. The molecule has 1 aliphatic heterocycles. The Morgan fingerprint density at radius 1 is 1.46 bits per heavy atom. The van der Waals surface area contributed by atoms with Crippen LogP contribution in [0.25, 0.3) is 0 Å². The van der Waals surface area contributed by atoms with Crippen molar-refractivity contribution in [3.63, 3.8) is 0 Å². The number of aliphatic hydroxyl groups excluding tert-OH is 1. The van der Waals surface area contributed by atoms with E-state index in [-0.39, 0.29) is 6.10 Å². The van der Waals surface area contributed by atoms with E-state index in [9.17, 15) is 5.11 Å². The number of thioether (sulfide) groups is 1. The molecule has 74 valence electrons. The van der Waals surface area contributed by atoms with E-state index in [1.165, 1.54) is 24.3 Å². The van der Waals surface area contributed by atoms with Crippen LogP contribution in [0.15, 0.2) is 0 Å². The summed E-state index contributed by atoms with van der Waals surface area (Å²) in [5, 5.41) is 9.62. The summed E-state index contributed by atoms with van der Waals surface area (Å²) < 4.78 is 0. The van der Waals surface area contributed by atoms with Gasteiger partial charge in [0.15, 0.2) is 0 Å². The van der Waals surface area contributed by atoms with Crippen LogP contribution in [0, 0.1) is 17.8 Å². The van der Waals surface area contributed by atoms with Crippen molar-refractivity contribution in [2.75, 3.05) is 11.5 Å². The van der Waals surface area contributed by atoms with Crippen molar-refractivity contribution in [3.05, 3.63) is 0 Å². The second kappa shape index (κ2) is 6.34. The molecule has 1 fully saturated rings. The molecular weight excluding hydrogens is 180 g/mol. The Balaban J connectivity index is 2.16. The second-order valence-corrected chi connectivity index (χ2v) is 4.80. The first kappa shape index (κ1) is 10.9. The molecule has 1 saturated heterocycles. The van der Waals surface area contributed by atoms with Gasteiger partial charge in [-0.05, 0) is 43.6 Å². The molecular formula is C11H18OS. The quantitative estimate of drug-likeness (QED) is 0.702. The maximum Gasteiger partial charge on any atom is 0.0652 e. The first-order valence-electron chi connectivity index (χ1n) is 4.98. The molecule has 1 rings (SSSR count). The summed E-state index contributed by atoms with van der Waals surface area (Å²) >= 11 is 2.03. The molecule has 0 bridgehead atoms. The van der Waals surface area contributed by atoms with Crippen LogP contribution in [0.5, 0.6) is 0 Å². The third-order valence-corrected chi connectivity index (χ3v) is 3.51. The van der Waals surface area contributed by atoms with Gasteiger partial charge in [0.05, 0.1) is 6.10 Å². The van der Waals surface area contributed by atoms with Crippen LogP contribution in [-0.4, -0.2) is 22.7 Å². The third-order valence-electron chi connectivity index (χ3n) is 2.46. The van der Waals surface area contributed by atoms with Gasteiger partial charge in [0.1, 0.15) is 0 Å². The van der Waals surface area contributed by atoms with E-state index >= 15 is 0 Å². The standard InChI is InChI=1S/C11H18OS/c1-2-3-4-11(12)9-10-5-7-13-8-6-10/h10-12H,4-9H2,1H3. The smallest absolute Gasteiger partial charge is 0.0652 e. The zero-order chi connectivity index (χ0) is 9.52. The SMILES string of the molecule is CC#CCC(O)CC1CCSCC1. The predicted molar refractivity (Wildman–Crippen MR) is 58.7 cm³/mol. The molecule has 1 unspecified atom stereocenters. The highest BCUT2D eigenvalue weighted by molar-refractivity contribution is 7.99. The van der Waals surface area contributed by atoms with Crippen molar-refractivity contribution < 1.29 is 5.11 Å². The van der Waals surface area contributed by atoms with Crippen molar-refractivity contribution >= 4 is 11.8 Å². The molecule has 0 amide bonds. The van der Waals surface area contributed by atoms with E-state index in [0.29, 0.717) is 6.42 Å². The Hall–Kier alpha value is -0.130. The maximum atomic E-state index is 9.62.